The minimum Gasteiger partial charge on any atom is -0.459 e. The van der Waals surface area contributed by atoms with E-state index in [1.54, 1.807) is 29.4 Å². The fourth-order valence-corrected chi connectivity index (χ4v) is 3.35. The second kappa shape index (κ2) is 6.70. The van der Waals surface area contributed by atoms with Crippen molar-refractivity contribution in [2.75, 3.05) is 0 Å². The van der Waals surface area contributed by atoms with Gasteiger partial charge in [0.05, 0.1) is 43.1 Å². The molecule has 0 spiro atoms. The van der Waals surface area contributed by atoms with Crippen LogP contribution in [0.4, 0.5) is 0 Å². The van der Waals surface area contributed by atoms with Gasteiger partial charge in [-0.05, 0) is 36.4 Å². The minimum atomic E-state index is -0.179. The molecule has 0 aromatic carbocycles. The van der Waals surface area contributed by atoms with E-state index in [0.717, 1.165) is 22.7 Å². The summed E-state index contributed by atoms with van der Waals surface area (Å²) in [6.07, 6.45) is 9.00. The van der Waals surface area contributed by atoms with E-state index in [-0.39, 0.29) is 5.91 Å². The van der Waals surface area contributed by atoms with Gasteiger partial charge in [-0.3, -0.25) is 4.79 Å². The summed E-state index contributed by atoms with van der Waals surface area (Å²) in [5.74, 6) is 0.129. The first-order valence-corrected chi connectivity index (χ1v) is 8.94. The summed E-state index contributed by atoms with van der Waals surface area (Å²) < 4.78 is 9.32. The number of fused-ring (bicyclic) bond motifs is 2. The van der Waals surface area contributed by atoms with E-state index in [0.29, 0.717) is 18.8 Å². The predicted octanol–water partition coefficient (Wildman–Crippen LogP) is 3.42. The van der Waals surface area contributed by atoms with Crippen molar-refractivity contribution in [2.45, 2.75) is 13.1 Å². The summed E-state index contributed by atoms with van der Waals surface area (Å²) in [5.41, 5.74) is 3.53. The molecule has 0 saturated carbocycles. The number of pyridine rings is 2. The third kappa shape index (κ3) is 2.83. The largest absolute Gasteiger partial charge is 0.459 e. The number of rotatable bonds is 5. The molecule has 0 N–H and O–H groups in total. The zero-order valence-corrected chi connectivity index (χ0v) is 15.0. The fraction of sp³-hybridized carbons (Fsp3) is 0.0952. The van der Waals surface area contributed by atoms with Crippen molar-refractivity contribution in [1.82, 2.24) is 23.7 Å². The summed E-state index contributed by atoms with van der Waals surface area (Å²) in [7, 11) is 0. The molecule has 7 nitrogen and oxygen atoms in total. The summed E-state index contributed by atoms with van der Waals surface area (Å²) in [4.78, 5) is 23.7. The van der Waals surface area contributed by atoms with E-state index >= 15 is 0 Å². The number of carbonyl (C=O) groups is 1. The van der Waals surface area contributed by atoms with Crippen LogP contribution in [0.3, 0.4) is 0 Å². The molecule has 5 rings (SSSR count). The summed E-state index contributed by atoms with van der Waals surface area (Å²) in [6, 6.07) is 15.0. The van der Waals surface area contributed by atoms with Crippen LogP contribution in [0.1, 0.15) is 21.9 Å². The van der Waals surface area contributed by atoms with Gasteiger partial charge in [0.1, 0.15) is 11.3 Å². The quantitative estimate of drug-likeness (QED) is 0.475. The molecule has 0 aliphatic carbocycles. The number of hydrogen-bond acceptors (Lipinski definition) is 4. The van der Waals surface area contributed by atoms with E-state index in [1.807, 2.05) is 57.6 Å². The molecule has 5 heterocycles. The van der Waals surface area contributed by atoms with Crippen LogP contribution in [0.25, 0.3) is 11.3 Å². The number of nitrogens with zero attached hydrogens (tertiary/aromatic N) is 5. The lowest BCUT2D eigenvalue weighted by molar-refractivity contribution is 0.0692. The molecule has 28 heavy (non-hydrogen) atoms. The van der Waals surface area contributed by atoms with Crippen LogP contribution in [0.15, 0.2) is 84.0 Å². The number of imidazole rings is 2. The highest BCUT2D eigenvalue weighted by Gasteiger charge is 2.21. The van der Waals surface area contributed by atoms with Crippen LogP contribution in [0.2, 0.25) is 0 Å². The van der Waals surface area contributed by atoms with Crippen LogP contribution in [0, 0.1) is 0 Å². The van der Waals surface area contributed by atoms with Gasteiger partial charge in [0, 0.05) is 12.4 Å². The molecule has 5 aromatic rings. The highest BCUT2D eigenvalue weighted by atomic mass is 16.3. The van der Waals surface area contributed by atoms with Crippen molar-refractivity contribution < 1.29 is 9.21 Å². The van der Waals surface area contributed by atoms with Crippen molar-refractivity contribution in [3.63, 3.8) is 0 Å². The topological polar surface area (TPSA) is 68.0 Å². The SMILES string of the molecule is O=C(c1ccco1)N(Cc1cnc2ccccn12)Cc1cnc2ccccn12. The zero-order chi connectivity index (χ0) is 18.9. The molecular weight excluding hydrogens is 354 g/mol. The fourth-order valence-electron chi connectivity index (χ4n) is 3.35. The van der Waals surface area contributed by atoms with E-state index in [9.17, 15) is 4.79 Å². The van der Waals surface area contributed by atoms with Crippen molar-refractivity contribution >= 4 is 17.2 Å². The maximum Gasteiger partial charge on any atom is 0.290 e. The molecule has 7 heteroatoms. The molecule has 0 atom stereocenters. The molecule has 0 saturated heterocycles. The predicted molar refractivity (Wildman–Crippen MR) is 103 cm³/mol. The van der Waals surface area contributed by atoms with E-state index in [4.69, 9.17) is 4.42 Å². The maximum absolute atomic E-state index is 13.1. The number of amides is 1. The van der Waals surface area contributed by atoms with E-state index in [2.05, 4.69) is 9.97 Å². The van der Waals surface area contributed by atoms with Crippen molar-refractivity contribution in [3.05, 3.63) is 96.7 Å². The molecule has 0 aliphatic rings. The highest BCUT2D eigenvalue weighted by Crippen LogP contribution is 2.17. The number of hydrogen-bond donors (Lipinski definition) is 0. The Morgan fingerprint density at radius 1 is 0.857 bits per heavy atom. The molecule has 0 radical (unpaired) electrons. The van der Waals surface area contributed by atoms with Gasteiger partial charge in [0.15, 0.2) is 5.76 Å². The van der Waals surface area contributed by atoms with Crippen LogP contribution in [-0.2, 0) is 13.1 Å². The number of aromatic nitrogens is 4. The average Bonchev–Trinajstić information content (AvgIpc) is 3.48. The Balaban J connectivity index is 1.52. The Morgan fingerprint density at radius 3 is 2.00 bits per heavy atom. The lowest BCUT2D eigenvalue weighted by atomic mass is 10.3. The Morgan fingerprint density at radius 2 is 1.46 bits per heavy atom. The second-order valence-electron chi connectivity index (χ2n) is 6.50. The van der Waals surface area contributed by atoms with Crippen LogP contribution < -0.4 is 0 Å². The molecule has 138 valence electrons. The third-order valence-electron chi connectivity index (χ3n) is 4.71. The Labute approximate surface area is 160 Å². The molecule has 5 aromatic heterocycles. The normalized spacial score (nSPS) is 11.3. The number of furan rings is 1. The average molecular weight is 371 g/mol. The van der Waals surface area contributed by atoms with Crippen LogP contribution in [0.5, 0.6) is 0 Å². The number of carbonyl (C=O) groups excluding carboxylic acids is 1. The van der Waals surface area contributed by atoms with Crippen LogP contribution in [-0.4, -0.2) is 29.6 Å². The first-order valence-electron chi connectivity index (χ1n) is 8.94. The van der Waals surface area contributed by atoms with E-state index in [1.165, 1.54) is 6.26 Å². The molecule has 0 bridgehead atoms. The van der Waals surface area contributed by atoms with Crippen molar-refractivity contribution in [2.24, 2.45) is 0 Å². The van der Waals surface area contributed by atoms with Crippen LogP contribution >= 0.6 is 0 Å². The van der Waals surface area contributed by atoms with Gasteiger partial charge in [-0.25, -0.2) is 9.97 Å². The highest BCUT2D eigenvalue weighted by molar-refractivity contribution is 5.91. The van der Waals surface area contributed by atoms with Gasteiger partial charge in [-0.15, -0.1) is 0 Å². The molecule has 1 amide bonds. The van der Waals surface area contributed by atoms with Crippen molar-refractivity contribution in [1.29, 1.82) is 0 Å². The molecular formula is C21H17N5O2. The summed E-state index contributed by atoms with van der Waals surface area (Å²) in [6.45, 7) is 0.787. The molecule has 0 unspecified atom stereocenters. The first-order chi connectivity index (χ1) is 13.8. The lowest BCUT2D eigenvalue weighted by Crippen LogP contribution is -2.30. The van der Waals surface area contributed by atoms with Gasteiger partial charge in [0.2, 0.25) is 0 Å². The molecule has 0 aliphatic heterocycles. The Hall–Kier alpha value is -3.87. The Kier molecular flexibility index (Phi) is 3.90. The monoisotopic (exact) mass is 371 g/mol. The standard InChI is InChI=1S/C21H17N5O2/c27-21(18-6-5-11-28-18)24(14-16-12-22-19-7-1-3-9-25(16)19)15-17-13-23-20-8-2-4-10-26(17)20/h1-13H,14-15H2. The maximum atomic E-state index is 13.1. The van der Waals surface area contributed by atoms with Gasteiger partial charge < -0.3 is 18.1 Å². The minimum absolute atomic E-state index is 0.179. The van der Waals surface area contributed by atoms with Gasteiger partial charge in [-0.1, -0.05) is 12.1 Å². The van der Waals surface area contributed by atoms with Crippen molar-refractivity contribution in [3.8, 4) is 0 Å². The molecule has 0 fully saturated rings. The van der Waals surface area contributed by atoms with Gasteiger partial charge in [0.25, 0.3) is 5.91 Å². The summed E-state index contributed by atoms with van der Waals surface area (Å²) >= 11 is 0. The zero-order valence-electron chi connectivity index (χ0n) is 15.0. The third-order valence-corrected chi connectivity index (χ3v) is 4.71. The smallest absolute Gasteiger partial charge is 0.290 e. The van der Waals surface area contributed by atoms with E-state index < -0.39 is 0 Å². The van der Waals surface area contributed by atoms with Gasteiger partial charge >= 0.3 is 0 Å². The first kappa shape index (κ1) is 16.3. The lowest BCUT2D eigenvalue weighted by Gasteiger charge is -2.21. The van der Waals surface area contributed by atoms with Gasteiger partial charge in [-0.2, -0.15) is 0 Å². The second-order valence-corrected chi connectivity index (χ2v) is 6.50. The Bertz CT molecular complexity index is 1180. The summed E-state index contributed by atoms with van der Waals surface area (Å²) in [5, 5.41) is 0.